The number of ether oxygens (including phenoxy) is 2. The number of benzene rings is 1. The highest BCUT2D eigenvalue weighted by Crippen LogP contribution is 2.28. The van der Waals surface area contributed by atoms with Crippen molar-refractivity contribution in [3.05, 3.63) is 39.3 Å². The van der Waals surface area contributed by atoms with E-state index in [0.717, 1.165) is 59.9 Å². The molecule has 0 aliphatic rings. The quantitative estimate of drug-likeness (QED) is 0.381. The van der Waals surface area contributed by atoms with Crippen molar-refractivity contribution >= 4 is 17.3 Å². The van der Waals surface area contributed by atoms with E-state index in [-0.39, 0.29) is 0 Å². The van der Waals surface area contributed by atoms with Gasteiger partial charge in [0.05, 0.1) is 25.9 Å². The second-order valence-electron chi connectivity index (χ2n) is 7.16. The fraction of sp³-hybridized carbons (Fsp3) is 0.565. The molecule has 0 bridgehead atoms. The van der Waals surface area contributed by atoms with E-state index >= 15 is 0 Å². The Morgan fingerprint density at radius 1 is 1.13 bits per heavy atom. The first-order chi connectivity index (χ1) is 15.0. The van der Waals surface area contributed by atoms with E-state index in [9.17, 15) is 0 Å². The van der Waals surface area contributed by atoms with E-state index < -0.39 is 0 Å². The molecule has 8 heteroatoms. The molecule has 1 heterocycles. The average Bonchev–Trinajstić information content (AvgIpc) is 3.10. The Kier molecular flexibility index (Phi) is 10.6. The minimum atomic E-state index is 0.543. The van der Waals surface area contributed by atoms with E-state index in [1.54, 1.807) is 18.4 Å². The molecule has 0 aliphatic carbocycles. The number of aromatic nitrogens is 1. The third-order valence-electron chi connectivity index (χ3n) is 5.03. The molecule has 0 unspecified atom stereocenters. The molecule has 7 nitrogen and oxygen atoms in total. The lowest BCUT2D eigenvalue weighted by Crippen LogP contribution is -2.36. The number of nitrogens with zero attached hydrogens (tertiary/aromatic N) is 3. The van der Waals surface area contributed by atoms with Crippen LogP contribution in [0.15, 0.2) is 23.2 Å². The predicted molar refractivity (Wildman–Crippen MR) is 130 cm³/mol. The van der Waals surface area contributed by atoms with Gasteiger partial charge in [-0.15, -0.1) is 11.3 Å². The Labute approximate surface area is 190 Å². The Bertz CT molecular complexity index is 814. The van der Waals surface area contributed by atoms with E-state index in [1.165, 1.54) is 4.88 Å². The molecule has 1 aromatic carbocycles. The van der Waals surface area contributed by atoms with Crippen LogP contribution in [-0.4, -0.2) is 55.7 Å². The lowest BCUT2D eigenvalue weighted by Gasteiger charge is -2.19. The molecular formula is C23H37N5O2S. The SMILES string of the molecule is CCNC(=NCc1ccc(OCCN(CC)CC)c(OC)c1)NCc1nc(C)c(C)s1. The maximum absolute atomic E-state index is 5.95. The molecule has 0 atom stereocenters. The van der Waals surface area contributed by atoms with E-state index in [1.807, 2.05) is 25.1 Å². The van der Waals surface area contributed by atoms with Gasteiger partial charge in [0.15, 0.2) is 17.5 Å². The van der Waals surface area contributed by atoms with Crippen molar-refractivity contribution in [3.8, 4) is 11.5 Å². The number of aliphatic imine (C=N–C) groups is 1. The van der Waals surface area contributed by atoms with Crippen LogP contribution < -0.4 is 20.1 Å². The average molecular weight is 448 g/mol. The number of hydrogen-bond acceptors (Lipinski definition) is 6. The van der Waals surface area contributed by atoms with Gasteiger partial charge >= 0.3 is 0 Å². The van der Waals surface area contributed by atoms with Gasteiger partial charge in [-0.05, 0) is 51.6 Å². The monoisotopic (exact) mass is 447 g/mol. The van der Waals surface area contributed by atoms with Crippen molar-refractivity contribution in [1.29, 1.82) is 0 Å². The summed E-state index contributed by atoms with van der Waals surface area (Å²) in [4.78, 5) is 12.9. The van der Waals surface area contributed by atoms with Crippen LogP contribution in [0, 0.1) is 13.8 Å². The molecule has 0 amide bonds. The van der Waals surface area contributed by atoms with Gasteiger partial charge in [-0.2, -0.15) is 0 Å². The largest absolute Gasteiger partial charge is 0.493 e. The maximum Gasteiger partial charge on any atom is 0.191 e. The molecule has 2 rings (SSSR count). The van der Waals surface area contributed by atoms with Gasteiger partial charge in [0.25, 0.3) is 0 Å². The van der Waals surface area contributed by atoms with Crippen LogP contribution in [0.1, 0.15) is 41.9 Å². The Balaban J connectivity index is 1.97. The first kappa shape index (κ1) is 24.9. The molecule has 1 aromatic heterocycles. The normalized spacial score (nSPS) is 11.6. The fourth-order valence-electron chi connectivity index (χ4n) is 3.04. The number of thiazole rings is 1. The third-order valence-corrected chi connectivity index (χ3v) is 6.10. The summed E-state index contributed by atoms with van der Waals surface area (Å²) in [5.74, 6) is 2.27. The first-order valence-electron chi connectivity index (χ1n) is 11.0. The van der Waals surface area contributed by atoms with Crippen LogP contribution >= 0.6 is 11.3 Å². The third kappa shape index (κ3) is 8.03. The van der Waals surface area contributed by atoms with Crippen LogP contribution in [0.2, 0.25) is 0 Å². The van der Waals surface area contributed by atoms with Gasteiger partial charge in [-0.3, -0.25) is 0 Å². The van der Waals surface area contributed by atoms with Gasteiger partial charge < -0.3 is 25.0 Å². The van der Waals surface area contributed by atoms with Crippen molar-refractivity contribution in [2.45, 2.75) is 47.7 Å². The number of aryl methyl sites for hydroxylation is 2. The van der Waals surface area contributed by atoms with Gasteiger partial charge in [-0.1, -0.05) is 19.9 Å². The molecule has 172 valence electrons. The number of nitrogens with one attached hydrogen (secondary N) is 2. The van der Waals surface area contributed by atoms with Crippen LogP contribution in [0.25, 0.3) is 0 Å². The zero-order valence-corrected chi connectivity index (χ0v) is 20.6. The number of methoxy groups -OCH3 is 1. The summed E-state index contributed by atoms with van der Waals surface area (Å²) >= 11 is 1.72. The summed E-state index contributed by atoms with van der Waals surface area (Å²) in [6, 6.07) is 6.00. The van der Waals surface area contributed by atoms with E-state index in [2.05, 4.69) is 48.2 Å². The minimum Gasteiger partial charge on any atom is -0.493 e. The molecule has 0 fully saturated rings. The van der Waals surface area contributed by atoms with Crippen molar-refractivity contribution in [3.63, 3.8) is 0 Å². The topological polar surface area (TPSA) is 71.0 Å². The number of rotatable bonds is 12. The van der Waals surface area contributed by atoms with Gasteiger partial charge in [0, 0.05) is 18.0 Å². The zero-order chi connectivity index (χ0) is 22.6. The maximum atomic E-state index is 5.95. The van der Waals surface area contributed by atoms with Crippen molar-refractivity contribution in [2.24, 2.45) is 4.99 Å². The molecule has 0 saturated heterocycles. The predicted octanol–water partition coefficient (Wildman–Crippen LogP) is 3.74. The van der Waals surface area contributed by atoms with Gasteiger partial charge in [-0.25, -0.2) is 9.98 Å². The van der Waals surface area contributed by atoms with Crippen LogP contribution in [0.5, 0.6) is 11.5 Å². The summed E-state index contributed by atoms with van der Waals surface area (Å²) in [6.45, 7) is 16.1. The second kappa shape index (κ2) is 13.2. The molecule has 31 heavy (non-hydrogen) atoms. The second-order valence-corrected chi connectivity index (χ2v) is 8.45. The zero-order valence-electron chi connectivity index (χ0n) is 19.7. The highest BCUT2D eigenvalue weighted by atomic mass is 32.1. The summed E-state index contributed by atoms with van der Waals surface area (Å²) in [7, 11) is 1.67. The van der Waals surface area contributed by atoms with Crippen LogP contribution in [0.3, 0.4) is 0 Å². The summed E-state index contributed by atoms with van der Waals surface area (Å²) < 4.78 is 11.5. The standard InChI is InChI=1S/C23H37N5O2S/c1-7-24-23(26-16-22-27-17(4)18(5)31-22)25-15-19-10-11-20(21(14-19)29-6)30-13-12-28(8-2)9-3/h10-11,14H,7-9,12-13,15-16H2,1-6H3,(H2,24,25,26). The Morgan fingerprint density at radius 3 is 2.52 bits per heavy atom. The van der Waals surface area contributed by atoms with Crippen molar-refractivity contribution in [2.75, 3.05) is 39.9 Å². The van der Waals surface area contributed by atoms with Crippen LogP contribution in [-0.2, 0) is 13.1 Å². The number of guanidine groups is 1. The lowest BCUT2D eigenvalue weighted by molar-refractivity contribution is 0.217. The summed E-state index contributed by atoms with van der Waals surface area (Å²) in [5.41, 5.74) is 2.15. The summed E-state index contributed by atoms with van der Waals surface area (Å²) in [5, 5.41) is 7.72. The van der Waals surface area contributed by atoms with Gasteiger partial charge in [0.2, 0.25) is 0 Å². The minimum absolute atomic E-state index is 0.543. The number of hydrogen-bond donors (Lipinski definition) is 2. The lowest BCUT2D eigenvalue weighted by atomic mass is 10.2. The molecule has 2 N–H and O–H groups in total. The Hall–Kier alpha value is -2.32. The molecule has 0 radical (unpaired) electrons. The van der Waals surface area contributed by atoms with Crippen molar-refractivity contribution < 1.29 is 9.47 Å². The molecular weight excluding hydrogens is 410 g/mol. The van der Waals surface area contributed by atoms with Crippen molar-refractivity contribution in [1.82, 2.24) is 20.5 Å². The first-order valence-corrected chi connectivity index (χ1v) is 11.8. The number of likely N-dealkylation sites (N-methyl/N-ethyl adjacent to an activating group) is 1. The molecule has 2 aromatic rings. The highest BCUT2D eigenvalue weighted by Gasteiger charge is 2.08. The van der Waals surface area contributed by atoms with Crippen LogP contribution in [0.4, 0.5) is 0 Å². The molecule has 0 saturated carbocycles. The molecule has 0 aliphatic heterocycles. The van der Waals surface area contributed by atoms with E-state index in [4.69, 9.17) is 14.5 Å². The Morgan fingerprint density at radius 2 is 1.90 bits per heavy atom. The fourth-order valence-corrected chi connectivity index (χ4v) is 3.91. The molecule has 0 spiro atoms. The highest BCUT2D eigenvalue weighted by molar-refractivity contribution is 7.11. The van der Waals surface area contributed by atoms with Gasteiger partial charge in [0.1, 0.15) is 11.6 Å². The van der Waals surface area contributed by atoms with E-state index in [0.29, 0.717) is 19.7 Å². The smallest absolute Gasteiger partial charge is 0.191 e. The summed E-state index contributed by atoms with van der Waals surface area (Å²) in [6.07, 6.45) is 0.